The number of halogens is 1. The third-order valence-corrected chi connectivity index (χ3v) is 3.29. The molecule has 0 saturated carbocycles. The molecular weight excluding hydrogens is 262 g/mol. The topological polar surface area (TPSA) is 33.5 Å². The molecule has 0 N–H and O–H groups in total. The summed E-state index contributed by atoms with van der Waals surface area (Å²) in [6, 6.07) is 10.8. The Bertz CT molecular complexity index is 600. The van der Waals surface area contributed by atoms with Gasteiger partial charge in [0.2, 0.25) is 0 Å². The number of benzene rings is 1. The van der Waals surface area contributed by atoms with Gasteiger partial charge in [0.05, 0.1) is 0 Å². The van der Waals surface area contributed by atoms with Gasteiger partial charge in [-0.1, -0.05) is 11.6 Å². The summed E-state index contributed by atoms with van der Waals surface area (Å²) < 4.78 is 5.38. The van der Waals surface area contributed by atoms with Crippen LogP contribution in [0.2, 0.25) is 5.02 Å². The minimum atomic E-state index is -0.309. The lowest BCUT2D eigenvalue weighted by atomic mass is 10.1. The number of nitrogens with zero attached hydrogens (tertiary/aromatic N) is 1. The van der Waals surface area contributed by atoms with E-state index in [0.29, 0.717) is 16.5 Å². The van der Waals surface area contributed by atoms with E-state index in [9.17, 15) is 4.79 Å². The molecule has 0 aliphatic heterocycles. The van der Waals surface area contributed by atoms with Gasteiger partial charge < -0.3 is 9.32 Å². The van der Waals surface area contributed by atoms with Crippen molar-refractivity contribution in [1.29, 1.82) is 0 Å². The van der Waals surface area contributed by atoms with Gasteiger partial charge in [-0.3, -0.25) is 0 Å². The summed E-state index contributed by atoms with van der Waals surface area (Å²) in [5, 5.41) is 0.658. The largest absolute Gasteiger partial charge is 0.421 e. The molecule has 0 radical (unpaired) electrons. The molecule has 0 spiro atoms. The van der Waals surface area contributed by atoms with Crippen molar-refractivity contribution >= 4 is 17.3 Å². The van der Waals surface area contributed by atoms with Gasteiger partial charge in [-0.2, -0.15) is 0 Å². The van der Waals surface area contributed by atoms with E-state index < -0.39 is 0 Å². The van der Waals surface area contributed by atoms with E-state index in [1.54, 1.807) is 12.1 Å². The lowest BCUT2D eigenvalue weighted by Crippen LogP contribution is -2.27. The molecule has 0 amide bonds. The molecule has 3 nitrogen and oxygen atoms in total. The normalized spacial score (nSPS) is 10.5. The third kappa shape index (κ3) is 2.99. The van der Waals surface area contributed by atoms with Gasteiger partial charge in [0.1, 0.15) is 11.4 Å². The summed E-state index contributed by atoms with van der Waals surface area (Å²) in [4.78, 5) is 14.0. The Kier molecular flexibility index (Phi) is 4.27. The highest BCUT2D eigenvalue weighted by molar-refractivity contribution is 6.30. The van der Waals surface area contributed by atoms with Crippen molar-refractivity contribution in [3.05, 3.63) is 51.8 Å². The Labute approximate surface area is 117 Å². The van der Waals surface area contributed by atoms with Crippen LogP contribution in [0.1, 0.15) is 13.8 Å². The number of hydrogen-bond donors (Lipinski definition) is 0. The highest BCUT2D eigenvalue weighted by Crippen LogP contribution is 2.22. The first-order valence-corrected chi connectivity index (χ1v) is 6.68. The summed E-state index contributed by atoms with van der Waals surface area (Å²) in [5.41, 5.74) is 1.13. The van der Waals surface area contributed by atoms with Crippen molar-refractivity contribution in [2.24, 2.45) is 0 Å². The molecule has 100 valence electrons. The smallest absolute Gasteiger partial charge is 0.360 e. The Hall–Kier alpha value is -1.74. The minimum absolute atomic E-state index is 0.309. The van der Waals surface area contributed by atoms with Crippen molar-refractivity contribution in [3.8, 4) is 11.3 Å². The zero-order valence-corrected chi connectivity index (χ0v) is 11.8. The Balaban J connectivity index is 2.38. The molecule has 1 aromatic heterocycles. The molecule has 0 aliphatic rings. The van der Waals surface area contributed by atoms with Gasteiger partial charge in [0, 0.05) is 23.7 Å². The fraction of sp³-hybridized carbons (Fsp3) is 0.267. The van der Waals surface area contributed by atoms with Crippen molar-refractivity contribution < 1.29 is 4.42 Å². The van der Waals surface area contributed by atoms with Crippen LogP contribution in [0.5, 0.6) is 0 Å². The first-order chi connectivity index (χ1) is 9.15. The van der Waals surface area contributed by atoms with E-state index in [2.05, 4.69) is 0 Å². The van der Waals surface area contributed by atoms with Crippen LogP contribution in [0.15, 0.2) is 45.6 Å². The van der Waals surface area contributed by atoms with E-state index in [4.69, 9.17) is 16.0 Å². The zero-order valence-electron chi connectivity index (χ0n) is 11.0. The first kappa shape index (κ1) is 13.7. The van der Waals surface area contributed by atoms with E-state index >= 15 is 0 Å². The van der Waals surface area contributed by atoms with Crippen LogP contribution in [0.4, 0.5) is 5.69 Å². The average molecular weight is 278 g/mol. The standard InChI is InChI=1S/C15H16ClNO2/c1-3-17(4-2)13-9-10-14(19-15(13)18)11-5-7-12(16)8-6-11/h5-10H,3-4H2,1-2H3. The maximum atomic E-state index is 12.0. The average Bonchev–Trinajstić information content (AvgIpc) is 2.42. The quantitative estimate of drug-likeness (QED) is 0.852. The first-order valence-electron chi connectivity index (χ1n) is 6.30. The maximum absolute atomic E-state index is 12.0. The van der Waals surface area contributed by atoms with Crippen molar-refractivity contribution in [2.75, 3.05) is 18.0 Å². The van der Waals surface area contributed by atoms with E-state index in [1.165, 1.54) is 0 Å². The lowest BCUT2D eigenvalue weighted by Gasteiger charge is -2.19. The van der Waals surface area contributed by atoms with E-state index in [-0.39, 0.29) is 5.63 Å². The van der Waals surface area contributed by atoms with Gasteiger partial charge in [-0.15, -0.1) is 0 Å². The number of rotatable bonds is 4. The second-order valence-corrected chi connectivity index (χ2v) is 4.59. The van der Waals surface area contributed by atoms with Gasteiger partial charge in [0.15, 0.2) is 0 Å². The molecule has 0 aliphatic carbocycles. The lowest BCUT2D eigenvalue weighted by molar-refractivity contribution is 0.523. The minimum Gasteiger partial charge on any atom is -0.421 e. The van der Waals surface area contributed by atoms with Crippen molar-refractivity contribution in [3.63, 3.8) is 0 Å². The highest BCUT2D eigenvalue weighted by atomic mass is 35.5. The molecule has 2 rings (SSSR count). The molecule has 4 heteroatoms. The van der Waals surface area contributed by atoms with Crippen LogP contribution in [-0.2, 0) is 0 Å². The molecule has 0 unspecified atom stereocenters. The summed E-state index contributed by atoms with van der Waals surface area (Å²) in [5.74, 6) is 0.553. The molecule has 2 aromatic rings. The molecule has 0 saturated heterocycles. The van der Waals surface area contributed by atoms with E-state index in [1.807, 2.05) is 43.0 Å². The van der Waals surface area contributed by atoms with Gasteiger partial charge in [-0.05, 0) is 50.2 Å². The molecule has 0 bridgehead atoms. The SMILES string of the molecule is CCN(CC)c1ccc(-c2ccc(Cl)cc2)oc1=O. The fourth-order valence-electron chi connectivity index (χ4n) is 1.98. The summed E-state index contributed by atoms with van der Waals surface area (Å²) in [6.07, 6.45) is 0. The van der Waals surface area contributed by atoms with Gasteiger partial charge >= 0.3 is 5.63 Å². The predicted molar refractivity (Wildman–Crippen MR) is 79.0 cm³/mol. The van der Waals surface area contributed by atoms with Crippen molar-refractivity contribution in [1.82, 2.24) is 0 Å². The fourth-order valence-corrected chi connectivity index (χ4v) is 2.10. The maximum Gasteiger partial charge on any atom is 0.360 e. The summed E-state index contributed by atoms with van der Waals surface area (Å²) >= 11 is 5.84. The van der Waals surface area contributed by atoms with Crippen LogP contribution < -0.4 is 10.5 Å². The van der Waals surface area contributed by atoms with E-state index in [0.717, 1.165) is 18.7 Å². The van der Waals surface area contributed by atoms with Gasteiger partial charge in [-0.25, -0.2) is 4.79 Å². The van der Waals surface area contributed by atoms with Gasteiger partial charge in [0.25, 0.3) is 0 Å². The Morgan fingerprint density at radius 3 is 2.21 bits per heavy atom. The second kappa shape index (κ2) is 5.93. The number of anilines is 1. The zero-order chi connectivity index (χ0) is 13.8. The Morgan fingerprint density at radius 2 is 1.68 bits per heavy atom. The third-order valence-electron chi connectivity index (χ3n) is 3.04. The monoisotopic (exact) mass is 277 g/mol. The Morgan fingerprint density at radius 1 is 1.05 bits per heavy atom. The van der Waals surface area contributed by atoms with Crippen molar-refractivity contribution in [2.45, 2.75) is 13.8 Å². The molecule has 0 fully saturated rings. The summed E-state index contributed by atoms with van der Waals surface area (Å²) in [7, 11) is 0. The molecule has 1 heterocycles. The number of hydrogen-bond acceptors (Lipinski definition) is 3. The molecule has 0 atom stereocenters. The molecule has 1 aromatic carbocycles. The molecular formula is C15H16ClNO2. The summed E-state index contributed by atoms with van der Waals surface area (Å²) in [6.45, 7) is 5.58. The highest BCUT2D eigenvalue weighted by Gasteiger charge is 2.10. The van der Waals surface area contributed by atoms with Crippen LogP contribution >= 0.6 is 11.6 Å². The predicted octanol–water partition coefficient (Wildman–Crippen LogP) is 3.81. The van der Waals surface area contributed by atoms with Crippen LogP contribution in [0.25, 0.3) is 11.3 Å². The second-order valence-electron chi connectivity index (χ2n) is 4.15. The van der Waals surface area contributed by atoms with Crippen LogP contribution in [-0.4, -0.2) is 13.1 Å². The van der Waals surface area contributed by atoms with Crippen LogP contribution in [0, 0.1) is 0 Å². The van der Waals surface area contributed by atoms with Crippen LogP contribution in [0.3, 0.4) is 0 Å². The molecule has 19 heavy (non-hydrogen) atoms.